The number of aromatic nitrogens is 2. The maximum Gasteiger partial charge on any atom is 0.177 e. The van der Waals surface area contributed by atoms with Gasteiger partial charge in [0.25, 0.3) is 0 Å². The van der Waals surface area contributed by atoms with E-state index in [1.54, 1.807) is 0 Å². The number of hydrogen-bond donors (Lipinski definition) is 0. The SMILES string of the molecule is CC1(C)O[C@H]1C1[C@@H]2CC[C@H]1c1nc(C#N)c(C#N)nc12. The second-order valence-corrected chi connectivity index (χ2v) is 6.42. The van der Waals surface area contributed by atoms with E-state index in [-0.39, 0.29) is 23.1 Å². The second kappa shape index (κ2) is 3.56. The summed E-state index contributed by atoms with van der Waals surface area (Å²) in [5.41, 5.74) is 2.15. The van der Waals surface area contributed by atoms with Gasteiger partial charge in [-0.3, -0.25) is 0 Å². The summed E-state index contributed by atoms with van der Waals surface area (Å²) in [7, 11) is 0. The Balaban J connectivity index is 1.80. The largest absolute Gasteiger partial charge is 0.366 e. The number of nitrogens with zero attached hydrogens (tertiary/aromatic N) is 4. The molecule has 1 aliphatic heterocycles. The van der Waals surface area contributed by atoms with Gasteiger partial charge < -0.3 is 4.74 Å². The first-order valence-electron chi connectivity index (χ1n) is 6.96. The van der Waals surface area contributed by atoms with E-state index in [1.165, 1.54) is 0 Å². The van der Waals surface area contributed by atoms with Crippen molar-refractivity contribution in [2.24, 2.45) is 5.92 Å². The maximum atomic E-state index is 9.09. The van der Waals surface area contributed by atoms with Crippen molar-refractivity contribution in [2.45, 2.75) is 50.2 Å². The van der Waals surface area contributed by atoms with Crippen molar-refractivity contribution in [1.29, 1.82) is 10.5 Å². The average Bonchev–Trinajstić information content (AvgIpc) is 2.83. The van der Waals surface area contributed by atoms with Gasteiger partial charge >= 0.3 is 0 Å². The van der Waals surface area contributed by atoms with Crippen LogP contribution in [-0.2, 0) is 4.74 Å². The monoisotopic (exact) mass is 266 g/mol. The van der Waals surface area contributed by atoms with Crippen LogP contribution in [0.1, 0.15) is 61.3 Å². The van der Waals surface area contributed by atoms with Gasteiger partial charge in [0.05, 0.1) is 23.1 Å². The van der Waals surface area contributed by atoms with Crippen molar-refractivity contribution in [3.05, 3.63) is 22.8 Å². The summed E-state index contributed by atoms with van der Waals surface area (Å²) < 4.78 is 5.83. The molecule has 2 bridgehead atoms. The van der Waals surface area contributed by atoms with Crippen LogP contribution < -0.4 is 0 Å². The second-order valence-electron chi connectivity index (χ2n) is 6.42. The van der Waals surface area contributed by atoms with E-state index in [0.717, 1.165) is 24.2 Å². The first-order chi connectivity index (χ1) is 9.56. The molecule has 1 saturated carbocycles. The minimum Gasteiger partial charge on any atom is -0.366 e. The number of rotatable bonds is 1. The number of fused-ring (bicyclic) bond motifs is 5. The Hall–Kier alpha value is -1.98. The predicted molar refractivity (Wildman–Crippen MR) is 68.6 cm³/mol. The van der Waals surface area contributed by atoms with Crippen molar-refractivity contribution in [1.82, 2.24) is 9.97 Å². The Kier molecular flexibility index (Phi) is 2.10. The molecule has 1 unspecified atom stereocenters. The Morgan fingerprint density at radius 3 is 1.85 bits per heavy atom. The van der Waals surface area contributed by atoms with E-state index in [9.17, 15) is 0 Å². The fourth-order valence-electron chi connectivity index (χ4n) is 4.08. The quantitative estimate of drug-likeness (QED) is 0.725. The highest BCUT2D eigenvalue weighted by molar-refractivity contribution is 5.43. The van der Waals surface area contributed by atoms with Crippen LogP contribution in [0.15, 0.2) is 0 Å². The van der Waals surface area contributed by atoms with Crippen LogP contribution in [0.25, 0.3) is 0 Å². The zero-order chi connectivity index (χ0) is 14.1. The molecule has 2 fully saturated rings. The summed E-state index contributed by atoms with van der Waals surface area (Å²) in [5, 5.41) is 18.2. The molecule has 1 aromatic rings. The number of epoxide rings is 1. The van der Waals surface area contributed by atoms with Crippen molar-refractivity contribution in [2.75, 3.05) is 0 Å². The molecule has 1 saturated heterocycles. The summed E-state index contributed by atoms with van der Waals surface area (Å²) in [6.45, 7) is 4.23. The highest BCUT2D eigenvalue weighted by Gasteiger charge is 2.62. The number of nitriles is 2. The zero-order valence-electron chi connectivity index (χ0n) is 11.4. The van der Waals surface area contributed by atoms with Gasteiger partial charge in [-0.2, -0.15) is 10.5 Å². The van der Waals surface area contributed by atoms with E-state index in [2.05, 4.69) is 23.8 Å². The van der Waals surface area contributed by atoms with Crippen molar-refractivity contribution in [3.63, 3.8) is 0 Å². The van der Waals surface area contributed by atoms with Crippen LogP contribution in [0.5, 0.6) is 0 Å². The molecule has 5 heteroatoms. The third kappa shape index (κ3) is 1.34. The van der Waals surface area contributed by atoms with Crippen molar-refractivity contribution in [3.8, 4) is 12.1 Å². The normalized spacial score (nSPS) is 35.2. The van der Waals surface area contributed by atoms with Gasteiger partial charge in [-0.05, 0) is 26.7 Å². The van der Waals surface area contributed by atoms with E-state index in [4.69, 9.17) is 15.3 Å². The van der Waals surface area contributed by atoms with Crippen LogP contribution in [0.4, 0.5) is 0 Å². The third-order valence-electron chi connectivity index (χ3n) is 4.99. The fourth-order valence-corrected chi connectivity index (χ4v) is 4.08. The fraction of sp³-hybridized carbons (Fsp3) is 0.600. The van der Waals surface area contributed by atoms with Crippen LogP contribution >= 0.6 is 0 Å². The standard InChI is InChI=1S/C15H14N4O/c1-15(2)14(20-15)11-7-3-4-8(11)13-12(7)18-9(5-16)10(6-17)19-13/h7-8,11,14H,3-4H2,1-2H3/t7-,8+,11?,14-/m0/s1. The summed E-state index contributed by atoms with van der Waals surface area (Å²) in [6.07, 6.45) is 2.43. The highest BCUT2D eigenvalue weighted by atomic mass is 16.6. The molecule has 0 amide bonds. The van der Waals surface area contributed by atoms with E-state index >= 15 is 0 Å². The Morgan fingerprint density at radius 2 is 1.50 bits per heavy atom. The average molecular weight is 266 g/mol. The molecule has 1 aromatic heterocycles. The molecule has 5 nitrogen and oxygen atoms in total. The molecule has 100 valence electrons. The lowest BCUT2D eigenvalue weighted by atomic mass is 9.87. The van der Waals surface area contributed by atoms with Crippen LogP contribution in [0, 0.1) is 28.6 Å². The highest BCUT2D eigenvalue weighted by Crippen LogP contribution is 2.62. The first-order valence-corrected chi connectivity index (χ1v) is 6.96. The zero-order valence-corrected chi connectivity index (χ0v) is 11.4. The molecule has 0 aromatic carbocycles. The molecule has 0 radical (unpaired) electrons. The lowest BCUT2D eigenvalue weighted by molar-refractivity contribution is 0.282. The summed E-state index contributed by atoms with van der Waals surface area (Å²) >= 11 is 0. The van der Waals surface area contributed by atoms with Crippen LogP contribution in [0.2, 0.25) is 0 Å². The third-order valence-corrected chi connectivity index (χ3v) is 4.99. The molecule has 2 heterocycles. The van der Waals surface area contributed by atoms with Gasteiger partial charge in [-0.25, -0.2) is 9.97 Å². The van der Waals surface area contributed by atoms with Gasteiger partial charge in [0.15, 0.2) is 11.4 Å². The van der Waals surface area contributed by atoms with E-state index in [0.29, 0.717) is 17.8 Å². The summed E-state index contributed by atoms with van der Waals surface area (Å²) in [6, 6.07) is 3.97. The Morgan fingerprint density at radius 1 is 1.05 bits per heavy atom. The van der Waals surface area contributed by atoms with Gasteiger partial charge in [-0.1, -0.05) is 0 Å². The Labute approximate surface area is 117 Å². The first kappa shape index (κ1) is 11.8. The molecular weight excluding hydrogens is 252 g/mol. The lowest BCUT2D eigenvalue weighted by Gasteiger charge is -2.12. The van der Waals surface area contributed by atoms with E-state index in [1.807, 2.05) is 12.1 Å². The van der Waals surface area contributed by atoms with Gasteiger partial charge in [0.2, 0.25) is 0 Å². The molecule has 20 heavy (non-hydrogen) atoms. The van der Waals surface area contributed by atoms with Gasteiger partial charge in [0, 0.05) is 17.8 Å². The molecule has 4 rings (SSSR count). The summed E-state index contributed by atoms with van der Waals surface area (Å²) in [5.74, 6) is 1.10. The molecule has 4 atom stereocenters. The topological polar surface area (TPSA) is 85.9 Å². The van der Waals surface area contributed by atoms with E-state index < -0.39 is 0 Å². The van der Waals surface area contributed by atoms with Gasteiger partial charge in [0.1, 0.15) is 12.1 Å². The number of ether oxygens (including phenoxy) is 1. The maximum absolute atomic E-state index is 9.09. The van der Waals surface area contributed by atoms with Crippen LogP contribution in [0.3, 0.4) is 0 Å². The minimum atomic E-state index is -0.0519. The number of hydrogen-bond acceptors (Lipinski definition) is 5. The van der Waals surface area contributed by atoms with Crippen molar-refractivity contribution >= 4 is 0 Å². The molecule has 0 N–H and O–H groups in total. The van der Waals surface area contributed by atoms with Crippen LogP contribution in [-0.4, -0.2) is 21.7 Å². The van der Waals surface area contributed by atoms with Gasteiger partial charge in [-0.15, -0.1) is 0 Å². The predicted octanol–water partition coefficient (Wildman–Crippen LogP) is 1.99. The smallest absolute Gasteiger partial charge is 0.177 e. The Bertz CT molecular complexity index is 648. The minimum absolute atomic E-state index is 0.0519. The molecule has 3 aliphatic rings. The molecule has 2 aliphatic carbocycles. The molecule has 0 spiro atoms. The molecular formula is C15H14N4O. The van der Waals surface area contributed by atoms with Crippen molar-refractivity contribution < 1.29 is 4.74 Å². The summed E-state index contributed by atoms with van der Waals surface area (Å²) in [4.78, 5) is 8.86. The lowest BCUT2D eigenvalue weighted by Crippen LogP contribution is -2.17.